The quantitative estimate of drug-likeness (QED) is 0.610. The van der Waals surface area contributed by atoms with E-state index in [0.29, 0.717) is 11.3 Å². The van der Waals surface area contributed by atoms with Gasteiger partial charge in [0.2, 0.25) is 5.91 Å². The summed E-state index contributed by atoms with van der Waals surface area (Å²) in [6.07, 6.45) is 0. The van der Waals surface area contributed by atoms with Gasteiger partial charge in [-0.2, -0.15) is 0 Å². The number of rotatable bonds is 4. The Hall–Kier alpha value is -2.48. The van der Waals surface area contributed by atoms with Crippen LogP contribution in [0.25, 0.3) is 0 Å². The number of anilines is 1. The number of hydrogen-bond acceptors (Lipinski definition) is 4. The number of nitrogens with one attached hydrogen (secondary N) is 1. The molecule has 0 radical (unpaired) electrons. The second-order valence-electron chi connectivity index (χ2n) is 4.61. The van der Waals surface area contributed by atoms with Crippen LogP contribution in [0.3, 0.4) is 0 Å². The number of urea groups is 1. The van der Waals surface area contributed by atoms with Crippen LogP contribution in [-0.4, -0.2) is 52.8 Å². The lowest BCUT2D eigenvalue weighted by molar-refractivity contribution is -0.129. The van der Waals surface area contributed by atoms with E-state index in [9.17, 15) is 14.4 Å². The first kappa shape index (κ1) is 14.9. The predicted molar refractivity (Wildman–Crippen MR) is 80.7 cm³/mol. The maximum Gasteiger partial charge on any atom is 0.327 e. The molecule has 4 amide bonds. The summed E-state index contributed by atoms with van der Waals surface area (Å²) in [5.74, 6) is -0.837. The normalized spacial score (nSPS) is 14.5. The molecule has 1 aliphatic rings. The van der Waals surface area contributed by atoms with E-state index >= 15 is 0 Å². The molecule has 8 heteroatoms. The number of nitrogens with zero attached hydrogens (tertiary/aromatic N) is 2. The minimum atomic E-state index is -0.473. The molecular weight excluding hydrogens is 292 g/mol. The summed E-state index contributed by atoms with van der Waals surface area (Å²) in [5.41, 5.74) is 6.70. The Labute approximate surface area is 126 Å². The number of carbonyl (C=O) groups excluding carboxylic acids is 3. The van der Waals surface area contributed by atoms with Gasteiger partial charge < -0.3 is 16.0 Å². The molecule has 1 aromatic rings. The third-order valence-corrected chi connectivity index (χ3v) is 3.22. The van der Waals surface area contributed by atoms with Crippen molar-refractivity contribution in [3.05, 3.63) is 29.8 Å². The highest BCUT2D eigenvalue weighted by atomic mass is 32.1. The lowest BCUT2D eigenvalue weighted by atomic mass is 10.2. The van der Waals surface area contributed by atoms with Gasteiger partial charge in [-0.15, -0.1) is 0 Å². The number of carbonyl (C=O) groups is 3. The summed E-state index contributed by atoms with van der Waals surface area (Å²) in [5, 5.41) is 2.60. The van der Waals surface area contributed by atoms with E-state index in [1.807, 2.05) is 0 Å². The highest BCUT2D eigenvalue weighted by molar-refractivity contribution is 7.80. The number of amides is 4. The highest BCUT2D eigenvalue weighted by Gasteiger charge is 2.34. The summed E-state index contributed by atoms with van der Waals surface area (Å²) < 4.78 is 0. The van der Waals surface area contributed by atoms with Crippen LogP contribution >= 0.6 is 12.2 Å². The topological polar surface area (TPSA) is 95.7 Å². The molecule has 0 aromatic heterocycles. The van der Waals surface area contributed by atoms with Crippen LogP contribution in [0.15, 0.2) is 24.3 Å². The van der Waals surface area contributed by atoms with Crippen molar-refractivity contribution in [1.82, 2.24) is 9.80 Å². The summed E-state index contributed by atoms with van der Waals surface area (Å²) in [4.78, 5) is 37.5. The lowest BCUT2D eigenvalue weighted by Gasteiger charge is -2.14. The second-order valence-corrected chi connectivity index (χ2v) is 5.05. The third-order valence-electron chi connectivity index (χ3n) is 2.99. The first-order valence-corrected chi connectivity index (χ1v) is 6.54. The molecule has 1 aromatic carbocycles. The van der Waals surface area contributed by atoms with Crippen molar-refractivity contribution in [3.8, 4) is 0 Å². The summed E-state index contributed by atoms with van der Waals surface area (Å²) in [6.45, 7) is -0.312. The van der Waals surface area contributed by atoms with E-state index in [1.165, 1.54) is 11.9 Å². The van der Waals surface area contributed by atoms with E-state index in [0.717, 1.165) is 4.90 Å². The second kappa shape index (κ2) is 5.88. The van der Waals surface area contributed by atoms with Gasteiger partial charge in [0.15, 0.2) is 0 Å². The van der Waals surface area contributed by atoms with Crippen molar-refractivity contribution >= 4 is 40.7 Å². The largest absolute Gasteiger partial charge is 0.389 e. The molecule has 0 bridgehead atoms. The monoisotopic (exact) mass is 306 g/mol. The van der Waals surface area contributed by atoms with Gasteiger partial charge in [-0.25, -0.2) is 4.79 Å². The number of hydrogen-bond donors (Lipinski definition) is 2. The van der Waals surface area contributed by atoms with Gasteiger partial charge in [-0.3, -0.25) is 14.5 Å². The maximum absolute atomic E-state index is 11.9. The summed E-state index contributed by atoms with van der Waals surface area (Å²) >= 11 is 4.83. The molecule has 1 heterocycles. The molecule has 0 spiro atoms. The average Bonchev–Trinajstić information content (AvgIpc) is 2.66. The first-order chi connectivity index (χ1) is 9.88. The molecule has 0 saturated carbocycles. The zero-order chi connectivity index (χ0) is 15.6. The number of imide groups is 1. The Morgan fingerprint density at radius 3 is 2.43 bits per heavy atom. The average molecular weight is 306 g/mol. The molecule has 7 nitrogen and oxygen atoms in total. The Morgan fingerprint density at radius 2 is 1.95 bits per heavy atom. The zero-order valence-electron chi connectivity index (χ0n) is 11.3. The summed E-state index contributed by atoms with van der Waals surface area (Å²) in [7, 11) is 1.51. The number of thiocarbonyl (C=S) groups is 1. The number of likely N-dealkylation sites (N-methyl/N-ethyl adjacent to an activating group) is 1. The van der Waals surface area contributed by atoms with Gasteiger partial charge in [0.1, 0.15) is 18.1 Å². The minimum absolute atomic E-state index is 0.00520. The van der Waals surface area contributed by atoms with Crippen LogP contribution in [0.4, 0.5) is 10.5 Å². The van der Waals surface area contributed by atoms with Crippen LogP contribution in [0.2, 0.25) is 0 Å². The lowest BCUT2D eigenvalue weighted by Crippen LogP contribution is -2.38. The standard InChI is InChI=1S/C13H14N4O3S/c1-16-7-11(19)17(13(16)20)6-10(18)15-9-4-2-8(3-5-9)12(14)21/h2-5H,6-7H2,1H3,(H2,14,21)(H,15,18). The van der Waals surface area contributed by atoms with Crippen molar-refractivity contribution in [2.75, 3.05) is 25.5 Å². The molecular formula is C13H14N4O3S. The van der Waals surface area contributed by atoms with Crippen LogP contribution in [0, 0.1) is 0 Å². The SMILES string of the molecule is CN1CC(=O)N(CC(=O)Nc2ccc(C(N)=S)cc2)C1=O. The predicted octanol–water partition coefficient (Wildman–Crippen LogP) is 0.153. The van der Waals surface area contributed by atoms with Crippen molar-refractivity contribution in [1.29, 1.82) is 0 Å². The summed E-state index contributed by atoms with van der Waals surface area (Å²) in [6, 6.07) is 6.17. The highest BCUT2D eigenvalue weighted by Crippen LogP contribution is 2.11. The Kier molecular flexibility index (Phi) is 4.18. The molecule has 0 aliphatic carbocycles. The minimum Gasteiger partial charge on any atom is -0.389 e. The fraction of sp³-hybridized carbons (Fsp3) is 0.231. The van der Waals surface area contributed by atoms with E-state index in [2.05, 4.69) is 5.32 Å². The van der Waals surface area contributed by atoms with Crippen LogP contribution < -0.4 is 11.1 Å². The van der Waals surface area contributed by atoms with E-state index in [4.69, 9.17) is 18.0 Å². The van der Waals surface area contributed by atoms with Crippen molar-refractivity contribution < 1.29 is 14.4 Å². The van der Waals surface area contributed by atoms with E-state index in [1.54, 1.807) is 24.3 Å². The maximum atomic E-state index is 11.9. The Morgan fingerprint density at radius 1 is 1.33 bits per heavy atom. The number of nitrogens with two attached hydrogens (primary N) is 1. The van der Waals surface area contributed by atoms with Gasteiger partial charge in [0.25, 0.3) is 5.91 Å². The van der Waals surface area contributed by atoms with Crippen LogP contribution in [-0.2, 0) is 9.59 Å². The molecule has 0 atom stereocenters. The van der Waals surface area contributed by atoms with E-state index in [-0.39, 0.29) is 24.0 Å². The first-order valence-electron chi connectivity index (χ1n) is 6.13. The molecule has 1 aliphatic heterocycles. The molecule has 1 fully saturated rings. The molecule has 0 unspecified atom stereocenters. The van der Waals surface area contributed by atoms with E-state index < -0.39 is 11.9 Å². The molecule has 110 valence electrons. The number of benzene rings is 1. The molecule has 2 rings (SSSR count). The zero-order valence-corrected chi connectivity index (χ0v) is 12.1. The van der Waals surface area contributed by atoms with Gasteiger partial charge in [0, 0.05) is 18.3 Å². The van der Waals surface area contributed by atoms with Gasteiger partial charge >= 0.3 is 6.03 Å². The van der Waals surface area contributed by atoms with Gasteiger partial charge in [-0.05, 0) is 24.3 Å². The molecule has 21 heavy (non-hydrogen) atoms. The Balaban J connectivity index is 1.97. The molecule has 3 N–H and O–H groups in total. The van der Waals surface area contributed by atoms with Crippen LogP contribution in [0.5, 0.6) is 0 Å². The van der Waals surface area contributed by atoms with Crippen molar-refractivity contribution in [2.45, 2.75) is 0 Å². The van der Waals surface area contributed by atoms with Gasteiger partial charge in [-0.1, -0.05) is 12.2 Å². The fourth-order valence-electron chi connectivity index (χ4n) is 1.89. The van der Waals surface area contributed by atoms with Gasteiger partial charge in [0.05, 0.1) is 0 Å². The van der Waals surface area contributed by atoms with Crippen molar-refractivity contribution in [3.63, 3.8) is 0 Å². The van der Waals surface area contributed by atoms with Crippen molar-refractivity contribution in [2.24, 2.45) is 5.73 Å². The van der Waals surface area contributed by atoms with Crippen LogP contribution in [0.1, 0.15) is 5.56 Å². The molecule has 1 saturated heterocycles. The third kappa shape index (κ3) is 3.34. The fourth-order valence-corrected chi connectivity index (χ4v) is 2.02. The smallest absolute Gasteiger partial charge is 0.327 e. The Bertz CT molecular complexity index is 614.